The van der Waals surface area contributed by atoms with Crippen molar-refractivity contribution in [3.8, 4) is 0 Å². The zero-order valence-corrected chi connectivity index (χ0v) is 8.12. The summed E-state index contributed by atoms with van der Waals surface area (Å²) in [5.41, 5.74) is 0.802. The monoisotopic (exact) mass is 141 g/mol. The maximum Gasteiger partial charge on any atom is -0.0280 e. The van der Waals surface area contributed by atoms with Crippen LogP contribution in [0.3, 0.4) is 0 Å². The van der Waals surface area contributed by atoms with Gasteiger partial charge < -0.3 is 0 Å². The predicted octanol–water partition coefficient (Wildman–Crippen LogP) is 3.67. The van der Waals surface area contributed by atoms with Crippen LogP contribution in [0.15, 0.2) is 0 Å². The number of rotatable bonds is 2. The van der Waals surface area contributed by atoms with Gasteiger partial charge in [0.25, 0.3) is 0 Å². The Kier molecular flexibility index (Phi) is 2.94. The maximum atomic E-state index is 4.00. The SMILES string of the molecule is [CH2]CC(C)(CC)C(C)(C)C. The molecule has 0 aliphatic rings. The van der Waals surface area contributed by atoms with Crippen molar-refractivity contribution >= 4 is 0 Å². The first-order valence-electron chi connectivity index (χ1n) is 4.16. The zero-order valence-electron chi connectivity index (χ0n) is 8.12. The van der Waals surface area contributed by atoms with E-state index < -0.39 is 0 Å². The van der Waals surface area contributed by atoms with Gasteiger partial charge in [0, 0.05) is 0 Å². The molecule has 0 N–H and O–H groups in total. The van der Waals surface area contributed by atoms with Gasteiger partial charge in [-0.25, -0.2) is 0 Å². The van der Waals surface area contributed by atoms with Gasteiger partial charge in [0.1, 0.15) is 0 Å². The summed E-state index contributed by atoms with van der Waals surface area (Å²) in [7, 11) is 0. The lowest BCUT2D eigenvalue weighted by Crippen LogP contribution is -2.31. The Morgan fingerprint density at radius 2 is 1.50 bits per heavy atom. The third kappa shape index (κ3) is 1.74. The normalized spacial score (nSPS) is 13.8. The highest BCUT2D eigenvalue weighted by molar-refractivity contribution is 4.85. The Morgan fingerprint density at radius 3 is 1.50 bits per heavy atom. The maximum absolute atomic E-state index is 4.00. The summed E-state index contributed by atoms with van der Waals surface area (Å²) in [6.07, 6.45) is 2.26. The van der Waals surface area contributed by atoms with Crippen LogP contribution in [0.1, 0.15) is 47.5 Å². The van der Waals surface area contributed by atoms with E-state index in [0.717, 1.165) is 6.42 Å². The summed E-state index contributed by atoms with van der Waals surface area (Å²) in [6.45, 7) is 15.4. The molecular formula is C10H21. The molecule has 1 atom stereocenters. The van der Waals surface area contributed by atoms with Crippen molar-refractivity contribution < 1.29 is 0 Å². The van der Waals surface area contributed by atoms with E-state index in [-0.39, 0.29) is 0 Å². The molecule has 0 heterocycles. The minimum absolute atomic E-state index is 0.392. The standard InChI is InChI=1S/C10H21/c1-7-10(6,8-2)9(3,4)5/h1,7-8H2,2-6H3. The van der Waals surface area contributed by atoms with Gasteiger partial charge in [0.2, 0.25) is 0 Å². The van der Waals surface area contributed by atoms with E-state index in [9.17, 15) is 0 Å². The second-order valence-electron chi connectivity index (χ2n) is 4.41. The van der Waals surface area contributed by atoms with Crippen molar-refractivity contribution in [3.63, 3.8) is 0 Å². The summed E-state index contributed by atoms with van der Waals surface area (Å²) >= 11 is 0. The van der Waals surface area contributed by atoms with Crippen LogP contribution in [0.4, 0.5) is 0 Å². The second kappa shape index (κ2) is 2.94. The van der Waals surface area contributed by atoms with Crippen molar-refractivity contribution in [1.29, 1.82) is 0 Å². The van der Waals surface area contributed by atoms with Crippen LogP contribution in [0.25, 0.3) is 0 Å². The number of hydrogen-bond donors (Lipinski definition) is 0. The van der Waals surface area contributed by atoms with Crippen LogP contribution < -0.4 is 0 Å². The second-order valence-corrected chi connectivity index (χ2v) is 4.41. The van der Waals surface area contributed by atoms with Crippen molar-refractivity contribution in [1.82, 2.24) is 0 Å². The molecule has 0 nitrogen and oxygen atoms in total. The average Bonchev–Trinajstić information content (AvgIpc) is 1.84. The highest BCUT2D eigenvalue weighted by Crippen LogP contribution is 2.43. The lowest BCUT2D eigenvalue weighted by molar-refractivity contribution is 0.105. The molecule has 0 saturated carbocycles. The molecule has 0 amide bonds. The van der Waals surface area contributed by atoms with E-state index >= 15 is 0 Å². The lowest BCUT2D eigenvalue weighted by atomic mass is 9.65. The van der Waals surface area contributed by atoms with Crippen LogP contribution in [0, 0.1) is 17.8 Å². The largest absolute Gasteiger partial charge is 0.0648 e. The Hall–Kier alpha value is 0. The molecule has 0 aromatic rings. The van der Waals surface area contributed by atoms with E-state index in [0.29, 0.717) is 10.8 Å². The quantitative estimate of drug-likeness (QED) is 0.550. The molecule has 0 aliphatic carbocycles. The van der Waals surface area contributed by atoms with Crippen molar-refractivity contribution in [2.75, 3.05) is 0 Å². The van der Waals surface area contributed by atoms with E-state index in [2.05, 4.69) is 41.5 Å². The fraction of sp³-hybridized carbons (Fsp3) is 0.900. The molecule has 61 valence electrons. The van der Waals surface area contributed by atoms with Gasteiger partial charge in [-0.05, 0) is 17.3 Å². The Morgan fingerprint density at radius 1 is 1.10 bits per heavy atom. The topological polar surface area (TPSA) is 0 Å². The van der Waals surface area contributed by atoms with Gasteiger partial charge in [-0.1, -0.05) is 48.0 Å². The van der Waals surface area contributed by atoms with E-state index in [4.69, 9.17) is 0 Å². The van der Waals surface area contributed by atoms with Crippen molar-refractivity contribution in [3.05, 3.63) is 6.92 Å². The zero-order chi connectivity index (χ0) is 8.41. The first-order chi connectivity index (χ1) is 4.37. The molecule has 1 unspecified atom stereocenters. The third-order valence-electron chi connectivity index (χ3n) is 3.14. The molecule has 0 aromatic heterocycles. The van der Waals surface area contributed by atoms with Gasteiger partial charge in [-0.15, -0.1) is 0 Å². The summed E-state index contributed by atoms with van der Waals surface area (Å²) in [6, 6.07) is 0. The van der Waals surface area contributed by atoms with Crippen LogP contribution in [-0.2, 0) is 0 Å². The van der Waals surface area contributed by atoms with Gasteiger partial charge in [-0.2, -0.15) is 0 Å². The highest BCUT2D eigenvalue weighted by atomic mass is 14.4. The molecule has 0 rings (SSSR count). The van der Waals surface area contributed by atoms with Gasteiger partial charge in [-0.3, -0.25) is 0 Å². The molecular weight excluding hydrogens is 120 g/mol. The summed E-state index contributed by atoms with van der Waals surface area (Å²) in [4.78, 5) is 0. The average molecular weight is 141 g/mol. The number of hydrogen-bond acceptors (Lipinski definition) is 0. The van der Waals surface area contributed by atoms with Crippen molar-refractivity contribution in [2.24, 2.45) is 10.8 Å². The smallest absolute Gasteiger partial charge is 0.0280 e. The molecule has 10 heavy (non-hydrogen) atoms. The van der Waals surface area contributed by atoms with Gasteiger partial charge in [0.15, 0.2) is 0 Å². The molecule has 0 fully saturated rings. The highest BCUT2D eigenvalue weighted by Gasteiger charge is 2.33. The van der Waals surface area contributed by atoms with Gasteiger partial charge in [0.05, 0.1) is 0 Å². The van der Waals surface area contributed by atoms with Crippen LogP contribution in [0.2, 0.25) is 0 Å². The van der Waals surface area contributed by atoms with Crippen LogP contribution in [-0.4, -0.2) is 0 Å². The minimum Gasteiger partial charge on any atom is -0.0648 e. The first-order valence-corrected chi connectivity index (χ1v) is 4.16. The molecule has 0 aliphatic heterocycles. The summed E-state index contributed by atoms with van der Waals surface area (Å²) < 4.78 is 0. The fourth-order valence-electron chi connectivity index (χ4n) is 1.08. The van der Waals surface area contributed by atoms with E-state index in [1.807, 2.05) is 0 Å². The lowest BCUT2D eigenvalue weighted by Gasteiger charge is -2.40. The van der Waals surface area contributed by atoms with Gasteiger partial charge >= 0.3 is 0 Å². The Bertz CT molecular complexity index is 91.1. The molecule has 0 heteroatoms. The van der Waals surface area contributed by atoms with E-state index in [1.165, 1.54) is 6.42 Å². The summed E-state index contributed by atoms with van der Waals surface area (Å²) in [5.74, 6) is 0. The third-order valence-corrected chi connectivity index (χ3v) is 3.14. The fourth-order valence-corrected chi connectivity index (χ4v) is 1.08. The Balaban J connectivity index is 4.33. The van der Waals surface area contributed by atoms with E-state index in [1.54, 1.807) is 0 Å². The van der Waals surface area contributed by atoms with Crippen molar-refractivity contribution in [2.45, 2.75) is 47.5 Å². The minimum atomic E-state index is 0.392. The first kappa shape index (κ1) is 10.0. The van der Waals surface area contributed by atoms with Crippen LogP contribution in [0.5, 0.6) is 0 Å². The molecule has 0 spiro atoms. The molecule has 0 bridgehead atoms. The molecule has 1 radical (unpaired) electrons. The predicted molar refractivity (Wildman–Crippen MR) is 47.8 cm³/mol. The molecule has 0 aromatic carbocycles. The Labute approximate surface area is 66.0 Å². The summed E-state index contributed by atoms with van der Waals surface area (Å²) in [5, 5.41) is 0. The molecule has 0 saturated heterocycles. The van der Waals surface area contributed by atoms with Crippen LogP contribution >= 0.6 is 0 Å².